The fraction of sp³-hybridized carbons (Fsp3) is 0.300. The quantitative estimate of drug-likeness (QED) is 0.831. The van der Waals surface area contributed by atoms with E-state index in [0.29, 0.717) is 0 Å². The standard InChI is InChI=1S/C10H10F3NO3/c1-16-9(15)6-14-7-4-2-3-5-8(7)17-10(11,12)13/h2-5,14H,6H2,1H3. The summed E-state index contributed by atoms with van der Waals surface area (Å²) in [5, 5.41) is 2.49. The lowest BCUT2D eigenvalue weighted by molar-refractivity contribution is -0.274. The zero-order chi connectivity index (χ0) is 12.9. The molecule has 0 bridgehead atoms. The lowest BCUT2D eigenvalue weighted by Gasteiger charge is -2.13. The second-order valence-electron chi connectivity index (χ2n) is 2.97. The molecule has 0 amide bonds. The molecule has 0 atom stereocenters. The van der Waals surface area contributed by atoms with Gasteiger partial charge in [0.25, 0.3) is 0 Å². The third kappa shape index (κ3) is 4.62. The van der Waals surface area contributed by atoms with E-state index in [9.17, 15) is 18.0 Å². The third-order valence-corrected chi connectivity index (χ3v) is 1.76. The van der Waals surface area contributed by atoms with Gasteiger partial charge in [0.15, 0.2) is 5.75 Å². The van der Waals surface area contributed by atoms with Crippen molar-refractivity contribution in [2.75, 3.05) is 19.0 Å². The molecule has 4 nitrogen and oxygen atoms in total. The van der Waals surface area contributed by atoms with Crippen LogP contribution in [0.4, 0.5) is 18.9 Å². The first kappa shape index (κ1) is 13.1. The predicted molar refractivity (Wildman–Crippen MR) is 53.6 cm³/mol. The first-order chi connectivity index (χ1) is 7.92. The van der Waals surface area contributed by atoms with Crippen LogP contribution in [-0.4, -0.2) is 26.0 Å². The number of ether oxygens (including phenoxy) is 2. The number of alkyl halides is 3. The molecular formula is C10H10F3NO3. The van der Waals surface area contributed by atoms with E-state index in [4.69, 9.17) is 0 Å². The van der Waals surface area contributed by atoms with Crippen LogP contribution in [0.5, 0.6) is 5.75 Å². The Bertz CT molecular complexity index is 393. The van der Waals surface area contributed by atoms with Gasteiger partial charge in [-0.3, -0.25) is 4.79 Å². The van der Waals surface area contributed by atoms with E-state index in [0.717, 1.165) is 6.07 Å². The highest BCUT2D eigenvalue weighted by Crippen LogP contribution is 2.29. The first-order valence-electron chi connectivity index (χ1n) is 4.58. The van der Waals surface area contributed by atoms with Crippen LogP contribution in [0.1, 0.15) is 0 Å². The normalized spacial score (nSPS) is 10.8. The van der Waals surface area contributed by atoms with Crippen molar-refractivity contribution in [1.29, 1.82) is 0 Å². The highest BCUT2D eigenvalue weighted by atomic mass is 19.4. The molecule has 1 N–H and O–H groups in total. The Balaban J connectivity index is 2.74. The Morgan fingerprint density at radius 2 is 2.00 bits per heavy atom. The van der Waals surface area contributed by atoms with Gasteiger partial charge in [-0.1, -0.05) is 12.1 Å². The Labute approximate surface area is 95.3 Å². The number of hydrogen-bond acceptors (Lipinski definition) is 4. The minimum absolute atomic E-state index is 0.0650. The van der Waals surface area contributed by atoms with Gasteiger partial charge < -0.3 is 14.8 Å². The molecule has 0 heterocycles. The number of hydrogen-bond donors (Lipinski definition) is 1. The summed E-state index contributed by atoms with van der Waals surface area (Å²) in [6, 6.07) is 5.42. The second-order valence-corrected chi connectivity index (χ2v) is 2.97. The van der Waals surface area contributed by atoms with Crippen LogP contribution in [0.25, 0.3) is 0 Å². The number of para-hydroxylation sites is 2. The number of rotatable bonds is 4. The van der Waals surface area contributed by atoms with Crippen LogP contribution in [0.2, 0.25) is 0 Å². The van der Waals surface area contributed by atoms with Gasteiger partial charge in [0.1, 0.15) is 6.54 Å². The number of methoxy groups -OCH3 is 1. The van der Waals surface area contributed by atoms with Crippen molar-refractivity contribution in [3.8, 4) is 5.75 Å². The molecule has 1 rings (SSSR count). The number of esters is 1. The summed E-state index contributed by atoms with van der Waals surface area (Å²) in [5.74, 6) is -0.990. The fourth-order valence-corrected chi connectivity index (χ4v) is 1.07. The minimum atomic E-state index is -4.77. The van der Waals surface area contributed by atoms with Crippen LogP contribution < -0.4 is 10.1 Å². The van der Waals surface area contributed by atoms with E-state index in [1.54, 1.807) is 0 Å². The van der Waals surface area contributed by atoms with Gasteiger partial charge >= 0.3 is 12.3 Å². The molecule has 0 fully saturated rings. The maximum absolute atomic E-state index is 12.0. The summed E-state index contributed by atoms with van der Waals surface area (Å²) in [6.07, 6.45) is -4.77. The lowest BCUT2D eigenvalue weighted by atomic mass is 10.3. The second kappa shape index (κ2) is 5.42. The number of carbonyl (C=O) groups is 1. The summed E-state index contributed by atoms with van der Waals surface area (Å²) in [6.45, 7) is -0.241. The number of halogens is 3. The van der Waals surface area contributed by atoms with Crippen LogP contribution in [0.15, 0.2) is 24.3 Å². The van der Waals surface area contributed by atoms with E-state index in [-0.39, 0.29) is 12.2 Å². The molecule has 1 aromatic rings. The number of nitrogens with one attached hydrogen (secondary N) is 1. The Morgan fingerprint density at radius 3 is 2.59 bits per heavy atom. The molecule has 17 heavy (non-hydrogen) atoms. The third-order valence-electron chi connectivity index (χ3n) is 1.76. The summed E-state index contributed by atoms with van der Waals surface area (Å²) in [5.41, 5.74) is 0.0650. The zero-order valence-corrected chi connectivity index (χ0v) is 8.88. The lowest BCUT2D eigenvalue weighted by Crippen LogP contribution is -2.20. The maximum atomic E-state index is 12.0. The molecule has 0 aliphatic heterocycles. The Morgan fingerprint density at radius 1 is 1.35 bits per heavy atom. The molecule has 0 saturated carbocycles. The van der Waals surface area contributed by atoms with E-state index in [1.807, 2.05) is 0 Å². The first-order valence-corrected chi connectivity index (χ1v) is 4.58. The maximum Gasteiger partial charge on any atom is 0.573 e. The van der Waals surface area contributed by atoms with Gasteiger partial charge in [0.05, 0.1) is 12.8 Å². The van der Waals surface area contributed by atoms with Crippen molar-refractivity contribution < 1.29 is 27.4 Å². The van der Waals surface area contributed by atoms with E-state index < -0.39 is 18.1 Å². The zero-order valence-electron chi connectivity index (χ0n) is 8.88. The van der Waals surface area contributed by atoms with Crippen molar-refractivity contribution in [2.24, 2.45) is 0 Å². The highest BCUT2D eigenvalue weighted by molar-refractivity contribution is 5.75. The number of anilines is 1. The van der Waals surface area contributed by atoms with E-state index in [2.05, 4.69) is 14.8 Å². The van der Waals surface area contributed by atoms with E-state index >= 15 is 0 Å². The topological polar surface area (TPSA) is 47.6 Å². The summed E-state index contributed by atoms with van der Waals surface area (Å²) in [7, 11) is 1.18. The van der Waals surface area contributed by atoms with Crippen LogP contribution >= 0.6 is 0 Å². The van der Waals surface area contributed by atoms with Gasteiger partial charge in [-0.05, 0) is 12.1 Å². The Kier molecular flexibility index (Phi) is 4.19. The van der Waals surface area contributed by atoms with Gasteiger partial charge in [0.2, 0.25) is 0 Å². The van der Waals surface area contributed by atoms with Crippen molar-refractivity contribution >= 4 is 11.7 Å². The molecule has 7 heteroatoms. The molecular weight excluding hydrogens is 239 g/mol. The minimum Gasteiger partial charge on any atom is -0.468 e. The summed E-state index contributed by atoms with van der Waals surface area (Å²) < 4.78 is 44.3. The smallest absolute Gasteiger partial charge is 0.468 e. The fourth-order valence-electron chi connectivity index (χ4n) is 1.07. The number of benzene rings is 1. The van der Waals surface area contributed by atoms with Crippen molar-refractivity contribution in [3.05, 3.63) is 24.3 Å². The molecule has 0 saturated heterocycles. The van der Waals surface area contributed by atoms with Crippen LogP contribution in [0, 0.1) is 0 Å². The molecule has 0 aromatic heterocycles. The summed E-state index contributed by atoms with van der Waals surface area (Å²) in [4.78, 5) is 10.8. The Hall–Kier alpha value is -1.92. The molecule has 0 spiro atoms. The monoisotopic (exact) mass is 249 g/mol. The van der Waals surface area contributed by atoms with Gasteiger partial charge in [-0.15, -0.1) is 13.2 Å². The van der Waals surface area contributed by atoms with Crippen molar-refractivity contribution in [3.63, 3.8) is 0 Å². The largest absolute Gasteiger partial charge is 0.573 e. The van der Waals surface area contributed by atoms with E-state index in [1.165, 1.54) is 25.3 Å². The predicted octanol–water partition coefficient (Wildman–Crippen LogP) is 2.17. The summed E-state index contributed by atoms with van der Waals surface area (Å²) >= 11 is 0. The molecule has 0 aliphatic rings. The molecule has 0 radical (unpaired) electrons. The van der Waals surface area contributed by atoms with Gasteiger partial charge in [-0.25, -0.2) is 0 Å². The molecule has 0 aliphatic carbocycles. The molecule has 94 valence electrons. The SMILES string of the molecule is COC(=O)CNc1ccccc1OC(F)(F)F. The van der Waals surface area contributed by atoms with Gasteiger partial charge in [0, 0.05) is 0 Å². The average molecular weight is 249 g/mol. The molecule has 1 aromatic carbocycles. The van der Waals surface area contributed by atoms with Crippen molar-refractivity contribution in [2.45, 2.75) is 6.36 Å². The average Bonchev–Trinajstić information content (AvgIpc) is 2.25. The van der Waals surface area contributed by atoms with Crippen molar-refractivity contribution in [1.82, 2.24) is 0 Å². The van der Waals surface area contributed by atoms with Gasteiger partial charge in [-0.2, -0.15) is 0 Å². The highest BCUT2D eigenvalue weighted by Gasteiger charge is 2.32. The van der Waals surface area contributed by atoms with Crippen LogP contribution in [0.3, 0.4) is 0 Å². The molecule has 0 unspecified atom stereocenters. The van der Waals surface area contributed by atoms with Crippen LogP contribution in [-0.2, 0) is 9.53 Å². The number of carbonyl (C=O) groups excluding carboxylic acids is 1.